The van der Waals surface area contributed by atoms with Crippen molar-refractivity contribution in [3.63, 3.8) is 0 Å². The summed E-state index contributed by atoms with van der Waals surface area (Å²) >= 11 is 0. The van der Waals surface area contributed by atoms with E-state index in [4.69, 9.17) is 4.74 Å². The Hall–Kier alpha value is -1.46. The maximum Gasteiger partial charge on any atom is 0.223 e. The van der Waals surface area contributed by atoms with Crippen molar-refractivity contribution in [1.29, 1.82) is 0 Å². The molecule has 0 radical (unpaired) electrons. The molecule has 1 N–H and O–H groups in total. The van der Waals surface area contributed by atoms with E-state index in [1.807, 2.05) is 4.90 Å². The number of rotatable bonds is 4. The van der Waals surface area contributed by atoms with Crippen molar-refractivity contribution in [2.24, 2.45) is 0 Å². The Morgan fingerprint density at radius 3 is 2.96 bits per heavy atom. The minimum atomic E-state index is -0.372. The van der Waals surface area contributed by atoms with Crippen LogP contribution in [0.1, 0.15) is 37.7 Å². The first-order valence-corrected chi connectivity index (χ1v) is 8.32. The Kier molecular flexibility index (Phi) is 4.69. The summed E-state index contributed by atoms with van der Waals surface area (Å²) in [5.41, 5.74) is 0.258. The van der Waals surface area contributed by atoms with Crippen LogP contribution in [0, 0.1) is 5.82 Å². The number of hydrogen-bond acceptors (Lipinski definition) is 3. The van der Waals surface area contributed by atoms with Gasteiger partial charge in [0.25, 0.3) is 0 Å². The Labute approximate surface area is 136 Å². The Bertz CT molecular complexity index is 579. The number of aryl methyl sites for hydroxylation is 1. The number of benzene rings is 1. The molecule has 2 fully saturated rings. The average molecular weight is 321 g/mol. The van der Waals surface area contributed by atoms with E-state index in [2.05, 4.69) is 0 Å². The third kappa shape index (κ3) is 3.12. The van der Waals surface area contributed by atoms with Gasteiger partial charge in [-0.2, -0.15) is 0 Å². The van der Waals surface area contributed by atoms with Gasteiger partial charge in [0.15, 0.2) is 0 Å². The number of aliphatic hydroxyl groups excluding tert-OH is 1. The summed E-state index contributed by atoms with van der Waals surface area (Å²) in [4.78, 5) is 14.5. The van der Waals surface area contributed by atoms with Gasteiger partial charge in [-0.05, 0) is 43.7 Å². The van der Waals surface area contributed by atoms with Gasteiger partial charge < -0.3 is 14.7 Å². The molecule has 0 aromatic heterocycles. The van der Waals surface area contributed by atoms with E-state index >= 15 is 0 Å². The number of nitrogens with zero attached hydrogens (tertiary/aromatic N) is 1. The summed E-state index contributed by atoms with van der Waals surface area (Å²) in [6.45, 7) is 0.654. The molecule has 4 nitrogen and oxygen atoms in total. The number of fused-ring (bicyclic) bond motifs is 1. The zero-order valence-corrected chi connectivity index (χ0v) is 13.5. The molecule has 1 amide bonds. The lowest BCUT2D eigenvalue weighted by atomic mass is 9.79. The predicted molar refractivity (Wildman–Crippen MR) is 84.4 cm³/mol. The molecule has 3 atom stereocenters. The topological polar surface area (TPSA) is 49.8 Å². The van der Waals surface area contributed by atoms with Crippen LogP contribution < -0.4 is 0 Å². The molecular formula is C18H24FNO3. The molecule has 3 rings (SSSR count). The number of likely N-dealkylation sites (tertiary alicyclic amines) is 1. The van der Waals surface area contributed by atoms with Crippen molar-refractivity contribution in [1.82, 2.24) is 4.90 Å². The van der Waals surface area contributed by atoms with E-state index in [9.17, 15) is 14.3 Å². The molecule has 23 heavy (non-hydrogen) atoms. The van der Waals surface area contributed by atoms with E-state index in [-0.39, 0.29) is 35.9 Å². The standard InChI is InChI=1S/C18H24FNO3/c1-23-18-9-8-14(21)12-16(18)20(11-10-18)17(22)7-6-13-4-2-3-5-15(13)19/h2-5,14,16,21H,6-12H2,1H3/t14-,16+,18-/m1/s1. The summed E-state index contributed by atoms with van der Waals surface area (Å²) in [6, 6.07) is 6.51. The first-order chi connectivity index (χ1) is 11.1. The van der Waals surface area contributed by atoms with E-state index in [0.29, 0.717) is 24.9 Å². The zero-order valence-electron chi connectivity index (χ0n) is 13.5. The van der Waals surface area contributed by atoms with Gasteiger partial charge in [-0.3, -0.25) is 4.79 Å². The Morgan fingerprint density at radius 1 is 1.43 bits per heavy atom. The minimum Gasteiger partial charge on any atom is -0.393 e. The highest BCUT2D eigenvalue weighted by Crippen LogP contribution is 2.42. The lowest BCUT2D eigenvalue weighted by molar-refractivity contribution is -0.139. The quantitative estimate of drug-likeness (QED) is 0.926. The van der Waals surface area contributed by atoms with Crippen molar-refractivity contribution in [2.45, 2.75) is 56.3 Å². The summed E-state index contributed by atoms with van der Waals surface area (Å²) in [5, 5.41) is 9.97. The van der Waals surface area contributed by atoms with Crippen molar-refractivity contribution >= 4 is 5.91 Å². The molecule has 0 spiro atoms. The summed E-state index contributed by atoms with van der Waals surface area (Å²) in [7, 11) is 1.69. The van der Waals surface area contributed by atoms with Crippen molar-refractivity contribution in [2.75, 3.05) is 13.7 Å². The van der Waals surface area contributed by atoms with E-state index in [0.717, 1.165) is 19.3 Å². The molecular weight excluding hydrogens is 297 g/mol. The normalized spacial score (nSPS) is 30.3. The first kappa shape index (κ1) is 16.4. The highest BCUT2D eigenvalue weighted by atomic mass is 19.1. The summed E-state index contributed by atoms with van der Waals surface area (Å²) in [5.74, 6) is -0.243. The van der Waals surface area contributed by atoms with E-state index < -0.39 is 0 Å². The fraction of sp³-hybridized carbons (Fsp3) is 0.611. The summed E-state index contributed by atoms with van der Waals surface area (Å²) < 4.78 is 19.4. The molecule has 1 aliphatic carbocycles. The highest BCUT2D eigenvalue weighted by molar-refractivity contribution is 5.77. The van der Waals surface area contributed by atoms with Crippen molar-refractivity contribution in [3.05, 3.63) is 35.6 Å². The Morgan fingerprint density at radius 2 is 2.22 bits per heavy atom. The molecule has 1 saturated heterocycles. The van der Waals surface area contributed by atoms with Crippen LogP contribution in [0.4, 0.5) is 4.39 Å². The molecule has 2 aliphatic rings. The van der Waals surface area contributed by atoms with Crippen molar-refractivity contribution in [3.8, 4) is 0 Å². The second-order valence-electron chi connectivity index (χ2n) is 6.64. The molecule has 1 saturated carbocycles. The summed E-state index contributed by atoms with van der Waals surface area (Å²) in [6.07, 6.45) is 3.20. The van der Waals surface area contributed by atoms with Gasteiger partial charge >= 0.3 is 0 Å². The van der Waals surface area contributed by atoms with Crippen LogP contribution in [-0.4, -0.2) is 47.3 Å². The van der Waals surface area contributed by atoms with Crippen LogP contribution in [0.15, 0.2) is 24.3 Å². The number of amides is 1. The van der Waals surface area contributed by atoms with Crippen LogP contribution in [-0.2, 0) is 16.0 Å². The monoisotopic (exact) mass is 321 g/mol. The van der Waals surface area contributed by atoms with Crippen molar-refractivity contribution < 1.29 is 19.0 Å². The molecule has 0 unspecified atom stereocenters. The van der Waals surface area contributed by atoms with Crippen LogP contribution in [0.3, 0.4) is 0 Å². The first-order valence-electron chi connectivity index (χ1n) is 8.32. The number of ether oxygens (including phenoxy) is 1. The largest absolute Gasteiger partial charge is 0.393 e. The average Bonchev–Trinajstić information content (AvgIpc) is 2.93. The van der Waals surface area contributed by atoms with Gasteiger partial charge in [-0.1, -0.05) is 18.2 Å². The number of hydrogen-bond donors (Lipinski definition) is 1. The highest BCUT2D eigenvalue weighted by Gasteiger charge is 2.52. The van der Waals surface area contributed by atoms with Gasteiger partial charge in [0.2, 0.25) is 5.91 Å². The second kappa shape index (κ2) is 6.57. The van der Waals surface area contributed by atoms with Crippen LogP contribution in [0.25, 0.3) is 0 Å². The maximum atomic E-state index is 13.7. The van der Waals surface area contributed by atoms with Crippen LogP contribution in [0.5, 0.6) is 0 Å². The van der Waals surface area contributed by atoms with Crippen LogP contribution in [0.2, 0.25) is 0 Å². The fourth-order valence-corrected chi connectivity index (χ4v) is 4.06. The third-order valence-electron chi connectivity index (χ3n) is 5.45. The zero-order chi connectivity index (χ0) is 16.4. The van der Waals surface area contributed by atoms with E-state index in [1.165, 1.54) is 6.07 Å². The number of aliphatic hydroxyl groups is 1. The molecule has 1 aliphatic heterocycles. The molecule has 1 aromatic carbocycles. The number of carbonyl (C=O) groups excluding carboxylic acids is 1. The number of carbonyl (C=O) groups is 1. The van der Waals surface area contributed by atoms with Gasteiger partial charge in [-0.15, -0.1) is 0 Å². The number of halogens is 1. The molecule has 126 valence electrons. The van der Waals surface area contributed by atoms with Gasteiger partial charge in [0, 0.05) is 20.1 Å². The molecule has 5 heteroatoms. The number of methoxy groups -OCH3 is 1. The molecule has 1 aromatic rings. The maximum absolute atomic E-state index is 13.7. The van der Waals surface area contributed by atoms with Gasteiger partial charge in [0.1, 0.15) is 5.82 Å². The second-order valence-corrected chi connectivity index (χ2v) is 6.64. The Balaban J connectivity index is 1.67. The fourth-order valence-electron chi connectivity index (χ4n) is 4.06. The predicted octanol–water partition coefficient (Wildman–Crippen LogP) is 2.29. The molecule has 1 heterocycles. The third-order valence-corrected chi connectivity index (χ3v) is 5.45. The van der Waals surface area contributed by atoms with Gasteiger partial charge in [0.05, 0.1) is 17.7 Å². The SMILES string of the molecule is CO[C@@]12CC[C@@H](O)C[C@@H]1N(C(=O)CCc1ccccc1F)CC2. The molecule has 0 bridgehead atoms. The van der Waals surface area contributed by atoms with Gasteiger partial charge in [-0.25, -0.2) is 4.39 Å². The lowest BCUT2D eigenvalue weighted by Gasteiger charge is -2.42. The lowest BCUT2D eigenvalue weighted by Crippen LogP contribution is -2.52. The smallest absolute Gasteiger partial charge is 0.223 e. The van der Waals surface area contributed by atoms with E-state index in [1.54, 1.807) is 25.3 Å². The minimum absolute atomic E-state index is 0.0197. The van der Waals surface area contributed by atoms with Crippen LogP contribution >= 0.6 is 0 Å².